The second-order valence-electron chi connectivity index (χ2n) is 6.21. The van der Waals surface area contributed by atoms with E-state index in [1.54, 1.807) is 39.5 Å². The first-order chi connectivity index (χ1) is 11.3. The van der Waals surface area contributed by atoms with Crippen LogP contribution in [-0.2, 0) is 11.2 Å². The number of aliphatic hydroxyl groups is 1. The van der Waals surface area contributed by atoms with Crippen molar-refractivity contribution < 1.29 is 14.6 Å². The third-order valence-corrected chi connectivity index (χ3v) is 2.62. The van der Waals surface area contributed by atoms with Crippen LogP contribution in [0.15, 0.2) is 24.3 Å². The summed E-state index contributed by atoms with van der Waals surface area (Å²) in [6, 6.07) is 7.35. The first kappa shape index (κ1) is 22.4. The molecule has 0 aliphatic carbocycles. The van der Waals surface area contributed by atoms with Crippen LogP contribution >= 0.6 is 11.8 Å². The number of aliphatic hydroxyl groups excluding tert-OH is 1. The van der Waals surface area contributed by atoms with E-state index in [-0.39, 0.29) is 12.6 Å². The Balaban J connectivity index is 0.00000163. The highest BCUT2D eigenvalue weighted by Gasteiger charge is 2.19. The van der Waals surface area contributed by atoms with E-state index in [2.05, 4.69) is 17.2 Å². The van der Waals surface area contributed by atoms with E-state index in [1.807, 2.05) is 36.8 Å². The number of hydrogen-bond acceptors (Lipinski definition) is 4. The molecule has 0 heterocycles. The molecular formula is C19H29NO3S. The van der Waals surface area contributed by atoms with Crippen LogP contribution in [0.1, 0.15) is 38.8 Å². The number of thioether (sulfide) groups is 1. The number of carbonyl (C=O) groups is 1. The second-order valence-corrected chi connectivity index (χ2v) is 7.03. The highest BCUT2D eigenvalue weighted by Crippen LogP contribution is 2.09. The van der Waals surface area contributed by atoms with E-state index < -0.39 is 11.7 Å². The summed E-state index contributed by atoms with van der Waals surface area (Å²) < 4.78 is 5.19. The molecule has 134 valence electrons. The summed E-state index contributed by atoms with van der Waals surface area (Å²) in [5.74, 6) is 5.83. The molecule has 0 saturated carbocycles. The Morgan fingerprint density at radius 3 is 2.50 bits per heavy atom. The summed E-state index contributed by atoms with van der Waals surface area (Å²) in [4.78, 5) is 11.7. The Labute approximate surface area is 150 Å². The molecule has 1 unspecified atom stereocenters. The van der Waals surface area contributed by atoms with Gasteiger partial charge in [-0.25, -0.2) is 4.79 Å². The minimum atomic E-state index is -0.555. The molecule has 0 aromatic heterocycles. The smallest absolute Gasteiger partial charge is 0.407 e. The standard InChI is InChI=1S/C17H23NO3.C2H6S/c1-5-7-13-8-6-9-14(10-13)11-15(12-19)18-16(20)21-17(2,3)4;1-3-2/h6,8-10,15,19H,11-12H2,1-4H3,(H,18,20);1-2H3. The van der Waals surface area contributed by atoms with Crippen molar-refractivity contribution in [2.45, 2.75) is 45.8 Å². The van der Waals surface area contributed by atoms with Crippen LogP contribution in [0.2, 0.25) is 0 Å². The van der Waals surface area contributed by atoms with Gasteiger partial charge in [0, 0.05) is 5.56 Å². The van der Waals surface area contributed by atoms with E-state index >= 15 is 0 Å². The van der Waals surface area contributed by atoms with Crippen molar-refractivity contribution in [2.75, 3.05) is 19.1 Å². The Hall–Kier alpha value is -1.64. The Morgan fingerprint density at radius 2 is 2.00 bits per heavy atom. The first-order valence-electron chi connectivity index (χ1n) is 7.78. The van der Waals surface area contributed by atoms with Gasteiger partial charge in [0.15, 0.2) is 0 Å². The average molecular weight is 352 g/mol. The van der Waals surface area contributed by atoms with Crippen molar-refractivity contribution in [1.82, 2.24) is 5.32 Å². The normalized spacial score (nSPS) is 11.3. The van der Waals surface area contributed by atoms with Crippen LogP contribution in [0, 0.1) is 11.8 Å². The molecule has 0 saturated heterocycles. The Bertz CT molecular complexity index is 556. The van der Waals surface area contributed by atoms with E-state index in [4.69, 9.17) is 4.74 Å². The first-order valence-corrected chi connectivity index (χ1v) is 9.41. The zero-order chi connectivity index (χ0) is 18.6. The third kappa shape index (κ3) is 11.0. The van der Waals surface area contributed by atoms with E-state index in [9.17, 15) is 9.90 Å². The molecular weight excluding hydrogens is 322 g/mol. The molecule has 0 aliphatic rings. The fraction of sp³-hybridized carbons (Fsp3) is 0.526. The lowest BCUT2D eigenvalue weighted by Crippen LogP contribution is -2.42. The summed E-state index contributed by atoms with van der Waals surface area (Å²) >= 11 is 1.75. The van der Waals surface area contributed by atoms with Gasteiger partial charge in [-0.3, -0.25) is 0 Å². The molecule has 1 aromatic rings. The summed E-state index contributed by atoms with van der Waals surface area (Å²) in [7, 11) is 0. The minimum Gasteiger partial charge on any atom is -0.444 e. The van der Waals surface area contributed by atoms with Crippen LogP contribution < -0.4 is 5.32 Å². The van der Waals surface area contributed by atoms with Crippen molar-refractivity contribution in [1.29, 1.82) is 0 Å². The molecule has 5 heteroatoms. The van der Waals surface area contributed by atoms with Gasteiger partial charge < -0.3 is 15.2 Å². The number of alkyl carbamates (subject to hydrolysis) is 1. The molecule has 0 fully saturated rings. The maximum atomic E-state index is 11.7. The van der Waals surface area contributed by atoms with Gasteiger partial charge in [-0.1, -0.05) is 18.1 Å². The van der Waals surface area contributed by atoms with Gasteiger partial charge in [0.05, 0.1) is 12.6 Å². The van der Waals surface area contributed by atoms with Gasteiger partial charge in [0.1, 0.15) is 5.60 Å². The van der Waals surface area contributed by atoms with Crippen molar-refractivity contribution in [3.63, 3.8) is 0 Å². The van der Waals surface area contributed by atoms with Gasteiger partial charge in [-0.15, -0.1) is 5.92 Å². The van der Waals surface area contributed by atoms with Crippen LogP contribution in [0.4, 0.5) is 4.79 Å². The quantitative estimate of drug-likeness (QED) is 0.816. The van der Waals surface area contributed by atoms with Crippen molar-refractivity contribution >= 4 is 17.9 Å². The molecule has 2 N–H and O–H groups in total. The number of ether oxygens (including phenoxy) is 1. The molecule has 0 bridgehead atoms. The zero-order valence-corrected chi connectivity index (χ0v) is 16.3. The molecule has 1 rings (SSSR count). The largest absolute Gasteiger partial charge is 0.444 e. The van der Waals surface area contributed by atoms with Gasteiger partial charge in [0.25, 0.3) is 0 Å². The number of amides is 1. The maximum Gasteiger partial charge on any atom is 0.407 e. The number of nitrogens with one attached hydrogen (secondary N) is 1. The summed E-state index contributed by atoms with van der Waals surface area (Å²) in [5, 5.41) is 12.1. The van der Waals surface area contributed by atoms with E-state index in [0.717, 1.165) is 11.1 Å². The SMILES string of the molecule is CC#Cc1cccc(CC(CO)NC(=O)OC(C)(C)C)c1.CSC. The summed E-state index contributed by atoms with van der Waals surface area (Å²) in [6.07, 6.45) is 4.08. The van der Waals surface area contributed by atoms with Crippen LogP contribution in [0.25, 0.3) is 0 Å². The van der Waals surface area contributed by atoms with Gasteiger partial charge in [-0.2, -0.15) is 11.8 Å². The van der Waals surface area contributed by atoms with Gasteiger partial charge in [0.2, 0.25) is 0 Å². The predicted octanol–water partition coefficient (Wildman–Crippen LogP) is 3.47. The topological polar surface area (TPSA) is 58.6 Å². The number of hydrogen-bond donors (Lipinski definition) is 2. The molecule has 24 heavy (non-hydrogen) atoms. The highest BCUT2D eigenvalue weighted by atomic mass is 32.2. The molecule has 1 atom stereocenters. The molecule has 0 spiro atoms. The predicted molar refractivity (Wildman–Crippen MR) is 102 cm³/mol. The van der Waals surface area contributed by atoms with Crippen molar-refractivity contribution in [3.05, 3.63) is 35.4 Å². The monoisotopic (exact) mass is 351 g/mol. The zero-order valence-electron chi connectivity index (χ0n) is 15.5. The second kappa shape index (κ2) is 11.8. The van der Waals surface area contributed by atoms with Crippen molar-refractivity contribution in [3.8, 4) is 11.8 Å². The lowest BCUT2D eigenvalue weighted by atomic mass is 10.0. The molecule has 1 amide bonds. The summed E-state index contributed by atoms with van der Waals surface area (Å²) in [6.45, 7) is 7.03. The lowest BCUT2D eigenvalue weighted by Gasteiger charge is -2.22. The minimum absolute atomic E-state index is 0.150. The Kier molecular flexibility index (Phi) is 11.0. The van der Waals surface area contributed by atoms with Crippen LogP contribution in [0.5, 0.6) is 0 Å². The number of carbonyl (C=O) groups excluding carboxylic acids is 1. The molecule has 0 aliphatic heterocycles. The van der Waals surface area contributed by atoms with Crippen LogP contribution in [-0.4, -0.2) is 42.0 Å². The maximum absolute atomic E-state index is 11.7. The fourth-order valence-corrected chi connectivity index (χ4v) is 1.84. The summed E-state index contributed by atoms with van der Waals surface area (Å²) in [5.41, 5.74) is 1.37. The lowest BCUT2D eigenvalue weighted by molar-refractivity contribution is 0.0483. The Morgan fingerprint density at radius 1 is 1.38 bits per heavy atom. The van der Waals surface area contributed by atoms with Gasteiger partial charge in [-0.05, 0) is 64.3 Å². The highest BCUT2D eigenvalue weighted by molar-refractivity contribution is 7.97. The molecule has 4 nitrogen and oxygen atoms in total. The molecule has 0 radical (unpaired) electrons. The number of rotatable bonds is 4. The molecule has 1 aromatic carbocycles. The van der Waals surface area contributed by atoms with Crippen LogP contribution in [0.3, 0.4) is 0 Å². The van der Waals surface area contributed by atoms with Crippen molar-refractivity contribution in [2.24, 2.45) is 0 Å². The average Bonchev–Trinajstić information content (AvgIpc) is 2.46. The van der Waals surface area contributed by atoms with Gasteiger partial charge >= 0.3 is 6.09 Å². The van der Waals surface area contributed by atoms with E-state index in [1.165, 1.54) is 0 Å². The fourth-order valence-electron chi connectivity index (χ4n) is 1.84. The third-order valence-electron chi connectivity index (χ3n) is 2.62. The number of benzene rings is 1. The van der Waals surface area contributed by atoms with E-state index in [0.29, 0.717) is 6.42 Å².